The van der Waals surface area contributed by atoms with Crippen LogP contribution < -0.4 is 10.0 Å². The summed E-state index contributed by atoms with van der Waals surface area (Å²) in [6, 6.07) is 3.99. The number of carbonyl (C=O) groups is 1. The molecular weight excluding hydrogens is 387 g/mol. The summed E-state index contributed by atoms with van der Waals surface area (Å²) in [6.07, 6.45) is 0.962. The van der Waals surface area contributed by atoms with Crippen LogP contribution in [-0.2, 0) is 10.0 Å². The Hall–Kier alpha value is -1.59. The number of anilines is 2. The predicted octanol–water partition coefficient (Wildman–Crippen LogP) is 2.06. The molecule has 0 saturated carbocycles. The molecule has 2 rings (SSSR count). The van der Waals surface area contributed by atoms with Crippen LogP contribution in [0.4, 0.5) is 14.7 Å². The molecule has 1 aromatic heterocycles. The Labute approximate surface area is 131 Å². The number of hydrogen-bond acceptors (Lipinski definition) is 6. The van der Waals surface area contributed by atoms with Gasteiger partial charge in [0.15, 0.2) is 0 Å². The highest BCUT2D eigenvalue weighted by Crippen LogP contribution is 2.22. The van der Waals surface area contributed by atoms with Crippen molar-refractivity contribution in [1.29, 1.82) is 0 Å². The smallest absolute Gasteiger partial charge is 0.260 e. The third-order valence-electron chi connectivity index (χ3n) is 2.09. The van der Waals surface area contributed by atoms with Gasteiger partial charge in [0.05, 0.1) is 11.8 Å². The molecule has 7 nitrogen and oxygen atoms in total. The van der Waals surface area contributed by atoms with Crippen molar-refractivity contribution in [2.45, 2.75) is 0 Å². The van der Waals surface area contributed by atoms with Crippen molar-refractivity contribution in [1.82, 2.24) is 10.2 Å². The average Bonchev–Trinajstić information content (AvgIpc) is 2.73. The number of carbonyl (C=O) groups excluding carboxylic acids is 1. The standard InChI is InChI=1S/C10H8BrFN4O3S2/c1-21(18,19)16-10-15-14-9(20-10)13-8(17)6-3-2-5(11)4-7(6)12/h2-4H,1H3,(H,15,16)(H,13,14,17). The minimum Gasteiger partial charge on any atom is -0.296 e. The van der Waals surface area contributed by atoms with Crippen LogP contribution in [0.5, 0.6) is 0 Å². The van der Waals surface area contributed by atoms with Crippen molar-refractivity contribution >= 4 is 53.5 Å². The summed E-state index contributed by atoms with van der Waals surface area (Å²) >= 11 is 3.90. The molecule has 2 N–H and O–H groups in total. The second-order valence-corrected chi connectivity index (χ2v) is 7.51. The third kappa shape index (κ3) is 4.44. The van der Waals surface area contributed by atoms with Crippen LogP contribution in [0.15, 0.2) is 22.7 Å². The molecule has 0 atom stereocenters. The van der Waals surface area contributed by atoms with E-state index in [4.69, 9.17) is 0 Å². The normalized spacial score (nSPS) is 11.2. The van der Waals surface area contributed by atoms with Crippen molar-refractivity contribution in [3.8, 4) is 0 Å². The molecule has 1 heterocycles. The van der Waals surface area contributed by atoms with E-state index in [1.165, 1.54) is 12.1 Å². The number of aromatic nitrogens is 2. The lowest BCUT2D eigenvalue weighted by atomic mass is 10.2. The molecular formula is C10H8BrFN4O3S2. The van der Waals surface area contributed by atoms with E-state index in [9.17, 15) is 17.6 Å². The second kappa shape index (κ2) is 6.03. The predicted molar refractivity (Wildman–Crippen MR) is 80.4 cm³/mol. The highest BCUT2D eigenvalue weighted by molar-refractivity contribution is 9.10. The quantitative estimate of drug-likeness (QED) is 0.826. The van der Waals surface area contributed by atoms with E-state index in [0.29, 0.717) is 4.47 Å². The molecule has 2 aromatic rings. The molecule has 0 aliphatic carbocycles. The number of sulfonamides is 1. The van der Waals surface area contributed by atoms with Crippen LogP contribution in [0.2, 0.25) is 0 Å². The van der Waals surface area contributed by atoms with Crippen molar-refractivity contribution in [2.75, 3.05) is 16.3 Å². The molecule has 0 fully saturated rings. The summed E-state index contributed by atoms with van der Waals surface area (Å²) in [5.74, 6) is -1.40. The molecule has 0 radical (unpaired) electrons. The Morgan fingerprint density at radius 2 is 2.00 bits per heavy atom. The number of rotatable bonds is 4. The molecule has 0 bridgehead atoms. The summed E-state index contributed by atoms with van der Waals surface area (Å²) in [6.45, 7) is 0. The fraction of sp³-hybridized carbons (Fsp3) is 0.100. The van der Waals surface area contributed by atoms with Gasteiger partial charge in [-0.05, 0) is 18.2 Å². The Bertz CT molecular complexity index is 793. The number of hydrogen-bond donors (Lipinski definition) is 2. The van der Waals surface area contributed by atoms with Gasteiger partial charge in [0, 0.05) is 4.47 Å². The van der Waals surface area contributed by atoms with Gasteiger partial charge < -0.3 is 0 Å². The van der Waals surface area contributed by atoms with Crippen LogP contribution in [0.3, 0.4) is 0 Å². The first-order valence-electron chi connectivity index (χ1n) is 5.32. The van der Waals surface area contributed by atoms with E-state index in [2.05, 4.69) is 36.2 Å². The summed E-state index contributed by atoms with van der Waals surface area (Å²) in [4.78, 5) is 11.9. The van der Waals surface area contributed by atoms with Gasteiger partial charge in [-0.1, -0.05) is 27.3 Å². The molecule has 0 aliphatic rings. The lowest BCUT2D eigenvalue weighted by molar-refractivity contribution is 0.102. The van der Waals surface area contributed by atoms with Crippen LogP contribution in [-0.4, -0.2) is 30.8 Å². The van der Waals surface area contributed by atoms with E-state index < -0.39 is 21.7 Å². The number of nitrogens with zero attached hydrogens (tertiary/aromatic N) is 2. The van der Waals surface area contributed by atoms with Gasteiger partial charge in [-0.15, -0.1) is 10.2 Å². The summed E-state index contributed by atoms with van der Waals surface area (Å²) in [7, 11) is -3.48. The van der Waals surface area contributed by atoms with E-state index in [0.717, 1.165) is 23.7 Å². The SMILES string of the molecule is CS(=O)(=O)Nc1nnc(NC(=O)c2ccc(Br)cc2F)s1. The number of nitrogens with one attached hydrogen (secondary N) is 2. The maximum absolute atomic E-state index is 13.6. The molecule has 0 unspecified atom stereocenters. The number of amides is 1. The van der Waals surface area contributed by atoms with Crippen molar-refractivity contribution in [3.05, 3.63) is 34.1 Å². The minimum absolute atomic E-state index is 0.00378. The zero-order valence-corrected chi connectivity index (χ0v) is 13.6. The van der Waals surface area contributed by atoms with Gasteiger partial charge in [0.2, 0.25) is 20.3 Å². The highest BCUT2D eigenvalue weighted by Gasteiger charge is 2.15. The Morgan fingerprint density at radius 1 is 1.33 bits per heavy atom. The van der Waals surface area contributed by atoms with Gasteiger partial charge in [0.25, 0.3) is 5.91 Å². The lowest BCUT2D eigenvalue weighted by Gasteiger charge is -2.02. The van der Waals surface area contributed by atoms with Crippen LogP contribution >= 0.6 is 27.3 Å². The Morgan fingerprint density at radius 3 is 2.62 bits per heavy atom. The van der Waals surface area contributed by atoms with Crippen LogP contribution in [0.1, 0.15) is 10.4 Å². The molecule has 112 valence electrons. The van der Waals surface area contributed by atoms with Gasteiger partial charge in [-0.2, -0.15) is 0 Å². The van der Waals surface area contributed by atoms with E-state index in [1.54, 1.807) is 0 Å². The van der Waals surface area contributed by atoms with Crippen LogP contribution in [0.25, 0.3) is 0 Å². The molecule has 0 spiro atoms. The first-order chi connectivity index (χ1) is 9.74. The first kappa shape index (κ1) is 15.8. The summed E-state index contributed by atoms with van der Waals surface area (Å²) in [5.41, 5.74) is -0.161. The maximum Gasteiger partial charge on any atom is 0.260 e. The zero-order chi connectivity index (χ0) is 15.6. The number of halogens is 2. The molecule has 0 saturated heterocycles. The van der Waals surface area contributed by atoms with Crippen molar-refractivity contribution in [2.24, 2.45) is 0 Å². The second-order valence-electron chi connectivity index (χ2n) is 3.86. The molecule has 1 aromatic carbocycles. The molecule has 21 heavy (non-hydrogen) atoms. The number of benzene rings is 1. The summed E-state index contributed by atoms with van der Waals surface area (Å²) < 4.78 is 38.3. The van der Waals surface area contributed by atoms with Gasteiger partial charge >= 0.3 is 0 Å². The van der Waals surface area contributed by atoms with E-state index in [-0.39, 0.29) is 15.8 Å². The highest BCUT2D eigenvalue weighted by atomic mass is 79.9. The average molecular weight is 395 g/mol. The topological polar surface area (TPSA) is 101 Å². The molecule has 11 heteroatoms. The van der Waals surface area contributed by atoms with Crippen molar-refractivity contribution in [3.63, 3.8) is 0 Å². The molecule has 1 amide bonds. The first-order valence-corrected chi connectivity index (χ1v) is 8.82. The van der Waals surface area contributed by atoms with Crippen LogP contribution in [0, 0.1) is 5.82 Å². The Balaban J connectivity index is 2.13. The maximum atomic E-state index is 13.6. The van der Waals surface area contributed by atoms with Crippen molar-refractivity contribution < 1.29 is 17.6 Å². The van der Waals surface area contributed by atoms with E-state index >= 15 is 0 Å². The van der Waals surface area contributed by atoms with E-state index in [1.807, 2.05) is 0 Å². The largest absolute Gasteiger partial charge is 0.296 e. The lowest BCUT2D eigenvalue weighted by Crippen LogP contribution is -2.13. The minimum atomic E-state index is -3.48. The third-order valence-corrected chi connectivity index (χ3v) is 4.03. The zero-order valence-electron chi connectivity index (χ0n) is 10.4. The van der Waals surface area contributed by atoms with Gasteiger partial charge in [-0.3, -0.25) is 14.8 Å². The monoisotopic (exact) mass is 394 g/mol. The van der Waals surface area contributed by atoms with Gasteiger partial charge in [0.1, 0.15) is 5.82 Å². The van der Waals surface area contributed by atoms with Gasteiger partial charge in [-0.25, -0.2) is 12.8 Å². The summed E-state index contributed by atoms with van der Waals surface area (Å²) in [5, 5.41) is 9.53. The fourth-order valence-electron chi connectivity index (χ4n) is 1.31. The Kier molecular flexibility index (Phi) is 4.54. The molecule has 0 aliphatic heterocycles. The fourth-order valence-corrected chi connectivity index (χ4v) is 3.11.